The molecule has 20 heavy (non-hydrogen) atoms. The molecule has 0 radical (unpaired) electrons. The molecule has 3 atom stereocenters. The summed E-state index contributed by atoms with van der Waals surface area (Å²) in [6.07, 6.45) is 2.49. The first kappa shape index (κ1) is 13.1. The minimum Gasteiger partial charge on any atom is -0.481 e. The number of nitrogens with one attached hydrogen (secondary N) is 1. The summed E-state index contributed by atoms with van der Waals surface area (Å²) in [5.74, 6) is -0.242. The minimum absolute atomic E-state index is 0.0118. The lowest BCUT2D eigenvalue weighted by Crippen LogP contribution is -2.38. The van der Waals surface area contributed by atoms with Crippen LogP contribution in [0, 0.1) is 12.8 Å². The van der Waals surface area contributed by atoms with Crippen LogP contribution in [0.3, 0.4) is 0 Å². The van der Waals surface area contributed by atoms with Crippen molar-refractivity contribution in [3.05, 3.63) is 11.8 Å². The molecule has 2 aliphatic heterocycles. The Kier molecular flexibility index (Phi) is 3.21. The van der Waals surface area contributed by atoms with Crippen LogP contribution in [0.1, 0.15) is 25.0 Å². The standard InChI is InChI=1S/C13H17N3O4/c1-7-4-11(15-20-7)14-12(17)6-16-8-2-3-10(16)9(5-8)13(18)19/h4,8-10H,2-3,5-6H2,1H3,(H,18,19)(H,14,15,17). The van der Waals surface area contributed by atoms with E-state index in [-0.39, 0.29) is 30.5 Å². The average molecular weight is 279 g/mol. The fourth-order valence-electron chi connectivity index (χ4n) is 3.39. The molecule has 0 saturated carbocycles. The van der Waals surface area contributed by atoms with Gasteiger partial charge in [-0.2, -0.15) is 0 Å². The topological polar surface area (TPSA) is 95.7 Å². The number of carbonyl (C=O) groups excluding carboxylic acids is 1. The number of aliphatic carboxylic acids is 1. The zero-order valence-corrected chi connectivity index (χ0v) is 11.2. The number of aromatic nitrogens is 1. The van der Waals surface area contributed by atoms with Crippen molar-refractivity contribution in [2.75, 3.05) is 11.9 Å². The first-order valence-electron chi connectivity index (χ1n) is 6.76. The fraction of sp³-hybridized carbons (Fsp3) is 0.615. The monoisotopic (exact) mass is 279 g/mol. The van der Waals surface area contributed by atoms with Crippen LogP contribution in [-0.2, 0) is 9.59 Å². The maximum Gasteiger partial charge on any atom is 0.308 e. The highest BCUT2D eigenvalue weighted by Crippen LogP contribution is 2.41. The van der Waals surface area contributed by atoms with Gasteiger partial charge in [0.25, 0.3) is 0 Å². The van der Waals surface area contributed by atoms with Crippen molar-refractivity contribution in [1.82, 2.24) is 10.1 Å². The van der Waals surface area contributed by atoms with Crippen LogP contribution in [0.5, 0.6) is 0 Å². The number of fused-ring (bicyclic) bond motifs is 2. The number of hydrogen-bond acceptors (Lipinski definition) is 5. The molecular formula is C13H17N3O4. The molecule has 3 rings (SSSR count). The van der Waals surface area contributed by atoms with Crippen LogP contribution >= 0.6 is 0 Å². The summed E-state index contributed by atoms with van der Waals surface area (Å²) in [7, 11) is 0. The molecule has 0 aromatic carbocycles. The van der Waals surface area contributed by atoms with Crippen molar-refractivity contribution in [2.24, 2.45) is 5.92 Å². The van der Waals surface area contributed by atoms with Gasteiger partial charge in [-0.15, -0.1) is 0 Å². The Morgan fingerprint density at radius 2 is 2.35 bits per heavy atom. The normalized spacial score (nSPS) is 28.8. The number of rotatable bonds is 4. The molecule has 1 amide bonds. The first-order chi connectivity index (χ1) is 9.54. The van der Waals surface area contributed by atoms with Crippen LogP contribution in [-0.4, -0.2) is 45.7 Å². The van der Waals surface area contributed by atoms with Gasteiger partial charge in [-0.1, -0.05) is 5.16 Å². The maximum absolute atomic E-state index is 12.0. The van der Waals surface area contributed by atoms with Gasteiger partial charge in [0.15, 0.2) is 5.82 Å². The van der Waals surface area contributed by atoms with E-state index in [4.69, 9.17) is 4.52 Å². The number of nitrogens with zero attached hydrogens (tertiary/aromatic N) is 2. The molecule has 2 bridgehead atoms. The largest absolute Gasteiger partial charge is 0.481 e. The van der Waals surface area contributed by atoms with Crippen molar-refractivity contribution in [3.63, 3.8) is 0 Å². The lowest BCUT2D eigenvalue weighted by atomic mass is 9.89. The summed E-state index contributed by atoms with van der Waals surface area (Å²) in [6.45, 7) is 1.96. The Hall–Kier alpha value is -1.89. The summed E-state index contributed by atoms with van der Waals surface area (Å²) in [6, 6.07) is 1.85. The van der Waals surface area contributed by atoms with Crippen molar-refractivity contribution < 1.29 is 19.2 Å². The van der Waals surface area contributed by atoms with E-state index in [0.29, 0.717) is 18.0 Å². The van der Waals surface area contributed by atoms with E-state index < -0.39 is 5.97 Å². The van der Waals surface area contributed by atoms with Crippen LogP contribution < -0.4 is 5.32 Å². The van der Waals surface area contributed by atoms with Crippen molar-refractivity contribution in [3.8, 4) is 0 Å². The summed E-state index contributed by atoms with van der Waals surface area (Å²) < 4.78 is 4.88. The number of carboxylic acid groups (broad SMARTS) is 1. The molecule has 108 valence electrons. The van der Waals surface area contributed by atoms with Crippen molar-refractivity contribution in [2.45, 2.75) is 38.3 Å². The molecule has 7 heteroatoms. The summed E-state index contributed by atoms with van der Waals surface area (Å²) >= 11 is 0. The molecule has 2 saturated heterocycles. The Labute approximate surface area is 115 Å². The van der Waals surface area contributed by atoms with Gasteiger partial charge < -0.3 is 14.9 Å². The highest BCUT2D eigenvalue weighted by atomic mass is 16.5. The fourth-order valence-corrected chi connectivity index (χ4v) is 3.39. The minimum atomic E-state index is -0.755. The van der Waals surface area contributed by atoms with E-state index in [0.717, 1.165) is 12.8 Å². The third kappa shape index (κ3) is 2.29. The molecule has 2 aliphatic rings. The summed E-state index contributed by atoms with van der Waals surface area (Å²) in [5, 5.41) is 15.6. The highest BCUT2D eigenvalue weighted by molar-refractivity contribution is 5.91. The Morgan fingerprint density at radius 1 is 1.55 bits per heavy atom. The second-order valence-electron chi connectivity index (χ2n) is 5.52. The Balaban J connectivity index is 1.61. The second-order valence-corrected chi connectivity index (χ2v) is 5.52. The van der Waals surface area contributed by atoms with E-state index in [9.17, 15) is 14.7 Å². The molecule has 7 nitrogen and oxygen atoms in total. The van der Waals surface area contributed by atoms with E-state index in [1.54, 1.807) is 13.0 Å². The summed E-state index contributed by atoms with van der Waals surface area (Å²) in [5.41, 5.74) is 0. The van der Waals surface area contributed by atoms with Crippen LogP contribution in [0.25, 0.3) is 0 Å². The lowest BCUT2D eigenvalue weighted by Gasteiger charge is -2.21. The molecule has 0 aliphatic carbocycles. The van der Waals surface area contributed by atoms with Gasteiger partial charge in [0.2, 0.25) is 5.91 Å². The highest BCUT2D eigenvalue weighted by Gasteiger charge is 2.49. The van der Waals surface area contributed by atoms with Gasteiger partial charge >= 0.3 is 5.97 Å². The van der Waals surface area contributed by atoms with Gasteiger partial charge in [0, 0.05) is 18.2 Å². The number of hydrogen-bond donors (Lipinski definition) is 2. The Bertz CT molecular complexity index is 541. The molecule has 1 aromatic rings. The molecule has 2 fully saturated rings. The number of anilines is 1. The zero-order chi connectivity index (χ0) is 14.3. The van der Waals surface area contributed by atoms with Gasteiger partial charge in [-0.05, 0) is 26.2 Å². The van der Waals surface area contributed by atoms with E-state index in [1.807, 2.05) is 4.90 Å². The van der Waals surface area contributed by atoms with Crippen LogP contribution in [0.2, 0.25) is 0 Å². The molecule has 2 N–H and O–H groups in total. The maximum atomic E-state index is 12.0. The summed E-state index contributed by atoms with van der Waals surface area (Å²) in [4.78, 5) is 25.2. The Morgan fingerprint density at radius 3 is 2.95 bits per heavy atom. The van der Waals surface area contributed by atoms with E-state index in [2.05, 4.69) is 10.5 Å². The molecule has 0 spiro atoms. The third-order valence-electron chi connectivity index (χ3n) is 4.22. The van der Waals surface area contributed by atoms with Crippen LogP contribution in [0.4, 0.5) is 5.82 Å². The molecule has 3 unspecified atom stereocenters. The van der Waals surface area contributed by atoms with E-state index >= 15 is 0 Å². The number of carbonyl (C=O) groups is 2. The quantitative estimate of drug-likeness (QED) is 0.848. The molecular weight excluding hydrogens is 262 g/mol. The van der Waals surface area contributed by atoms with E-state index in [1.165, 1.54) is 0 Å². The predicted molar refractivity (Wildman–Crippen MR) is 69.1 cm³/mol. The van der Waals surface area contributed by atoms with Gasteiger partial charge in [0.05, 0.1) is 12.5 Å². The van der Waals surface area contributed by atoms with Crippen LogP contribution in [0.15, 0.2) is 10.6 Å². The number of aryl methyl sites for hydroxylation is 1. The predicted octanol–water partition coefficient (Wildman–Crippen LogP) is 0.859. The SMILES string of the molecule is Cc1cc(NC(=O)CN2C3CCC2C(C(=O)O)C3)no1. The lowest BCUT2D eigenvalue weighted by molar-refractivity contribution is -0.142. The number of carboxylic acids is 1. The first-order valence-corrected chi connectivity index (χ1v) is 6.76. The van der Waals surface area contributed by atoms with Gasteiger partial charge in [-0.25, -0.2) is 0 Å². The third-order valence-corrected chi connectivity index (χ3v) is 4.22. The molecule has 1 aromatic heterocycles. The smallest absolute Gasteiger partial charge is 0.308 e. The van der Waals surface area contributed by atoms with Gasteiger partial charge in [-0.3, -0.25) is 14.5 Å². The second kappa shape index (κ2) is 4.90. The molecule has 3 heterocycles. The number of amides is 1. The van der Waals surface area contributed by atoms with Crippen molar-refractivity contribution >= 4 is 17.7 Å². The zero-order valence-electron chi connectivity index (χ0n) is 11.2. The van der Waals surface area contributed by atoms with Gasteiger partial charge in [0.1, 0.15) is 5.76 Å². The van der Waals surface area contributed by atoms with Crippen molar-refractivity contribution in [1.29, 1.82) is 0 Å². The average Bonchev–Trinajstić information content (AvgIpc) is 3.05.